The molecule has 4 heterocycles. The van der Waals surface area contributed by atoms with Gasteiger partial charge in [-0.3, -0.25) is 4.90 Å². The maximum absolute atomic E-state index is 14.8. The first-order valence-electron chi connectivity index (χ1n) is 15.2. The van der Waals surface area contributed by atoms with Crippen molar-refractivity contribution in [2.45, 2.75) is 51.5 Å². The van der Waals surface area contributed by atoms with E-state index in [1.165, 1.54) is 17.0 Å². The molecule has 0 radical (unpaired) electrons. The molecule has 0 aliphatic carbocycles. The summed E-state index contributed by atoms with van der Waals surface area (Å²) >= 11 is 5.97. The molecule has 0 spiro atoms. The van der Waals surface area contributed by atoms with E-state index in [0.717, 1.165) is 43.0 Å². The minimum absolute atomic E-state index is 0.170. The number of ether oxygens (including phenoxy) is 3. The second-order valence-electron chi connectivity index (χ2n) is 11.8. The highest BCUT2D eigenvalue weighted by Gasteiger charge is 2.43. The molecular weight excluding hydrogens is 603 g/mol. The van der Waals surface area contributed by atoms with Crippen LogP contribution in [-0.2, 0) is 28.4 Å². The monoisotopic (exact) mass is 638 g/mol. The van der Waals surface area contributed by atoms with Gasteiger partial charge in [-0.25, -0.2) is 19.0 Å². The van der Waals surface area contributed by atoms with Gasteiger partial charge >= 0.3 is 12.1 Å². The van der Waals surface area contributed by atoms with E-state index in [1.54, 1.807) is 38.3 Å². The molecule has 1 N–H and O–H groups in total. The number of hydrogen-bond donors (Lipinski definition) is 1. The summed E-state index contributed by atoms with van der Waals surface area (Å²) in [5.74, 6) is 0.306. The summed E-state index contributed by atoms with van der Waals surface area (Å²) in [6.07, 6.45) is 5.71. The minimum Gasteiger partial charge on any atom is -0.465 e. The van der Waals surface area contributed by atoms with E-state index < -0.39 is 23.7 Å². The van der Waals surface area contributed by atoms with Crippen molar-refractivity contribution >= 4 is 29.7 Å². The Hall–Kier alpha value is -4.09. The van der Waals surface area contributed by atoms with Gasteiger partial charge in [0.2, 0.25) is 0 Å². The maximum atomic E-state index is 14.8. The number of hydrogen-bond acceptors (Lipinski definition) is 7. The fraction of sp³-hybridized carbons (Fsp3) is 0.424. The number of piperidine rings is 1. The number of nitrogens with zero attached hydrogens (tertiary/aromatic N) is 4. The normalized spacial score (nSPS) is 20.5. The van der Waals surface area contributed by atoms with E-state index in [9.17, 15) is 19.1 Å². The topological polar surface area (TPSA) is 106 Å². The third-order valence-corrected chi connectivity index (χ3v) is 8.97. The number of amides is 1. The lowest BCUT2D eigenvalue weighted by atomic mass is 9.88. The first-order chi connectivity index (χ1) is 21.6. The highest BCUT2D eigenvalue weighted by Crippen LogP contribution is 2.49. The van der Waals surface area contributed by atoms with Crippen LogP contribution in [0, 0.1) is 11.7 Å². The Morgan fingerprint density at radius 3 is 2.69 bits per heavy atom. The van der Waals surface area contributed by atoms with Crippen molar-refractivity contribution < 1.29 is 33.3 Å². The molecular formula is C33H36ClFN4O6. The number of imidazole rings is 1. The number of benzene rings is 2. The zero-order valence-corrected chi connectivity index (χ0v) is 26.0. The van der Waals surface area contributed by atoms with Gasteiger partial charge in [0, 0.05) is 49.1 Å². The largest absolute Gasteiger partial charge is 0.465 e. The molecule has 2 saturated heterocycles. The molecule has 238 valence electrons. The van der Waals surface area contributed by atoms with Crippen LogP contribution in [0.5, 0.6) is 11.5 Å². The molecule has 6 rings (SSSR count). The Kier molecular flexibility index (Phi) is 8.74. The van der Waals surface area contributed by atoms with Crippen LogP contribution in [0.1, 0.15) is 55.3 Å². The van der Waals surface area contributed by atoms with Crippen molar-refractivity contribution in [3.05, 3.63) is 82.2 Å². The van der Waals surface area contributed by atoms with Crippen LogP contribution in [0.15, 0.2) is 48.7 Å². The molecule has 1 unspecified atom stereocenters. The minimum atomic E-state index is -1.30. The summed E-state index contributed by atoms with van der Waals surface area (Å²) in [6.45, 7) is 7.59. The Bertz CT molecular complexity index is 1610. The van der Waals surface area contributed by atoms with Crippen molar-refractivity contribution in [3.63, 3.8) is 0 Å². The summed E-state index contributed by atoms with van der Waals surface area (Å²) < 4.78 is 34.4. The zero-order valence-electron chi connectivity index (χ0n) is 25.2. The van der Waals surface area contributed by atoms with Crippen LogP contribution in [0.4, 0.5) is 9.18 Å². The maximum Gasteiger partial charge on any atom is 0.407 e. The molecule has 3 aromatic rings. The van der Waals surface area contributed by atoms with Crippen molar-refractivity contribution in [1.82, 2.24) is 19.4 Å². The standard InChI is InChI=1S/C33H36ClFN4O6/c1-3-43-30(40)10-8-24-16-36-29(39(24)19-21-17-38(18-21)32(41)42)20-37-13-11-22(12-14-37)25-5-4-6-28-31(25)45-33(2,44-28)26-9-7-23(34)15-27(26)35/h4-10,15-16,21-22H,3,11-14,17-20H2,1-2H3,(H,41,42). The molecule has 2 fully saturated rings. The molecule has 0 saturated carbocycles. The summed E-state index contributed by atoms with van der Waals surface area (Å²) in [4.78, 5) is 31.7. The average molecular weight is 639 g/mol. The average Bonchev–Trinajstić information content (AvgIpc) is 3.53. The molecule has 3 aliphatic rings. The molecule has 1 amide bonds. The Labute approximate surface area is 265 Å². The van der Waals surface area contributed by atoms with Crippen molar-refractivity contribution in [2.24, 2.45) is 5.92 Å². The van der Waals surface area contributed by atoms with Crippen LogP contribution in [0.3, 0.4) is 0 Å². The quantitative estimate of drug-likeness (QED) is 0.229. The van der Waals surface area contributed by atoms with E-state index in [1.807, 2.05) is 12.1 Å². The predicted molar refractivity (Wildman–Crippen MR) is 165 cm³/mol. The van der Waals surface area contributed by atoms with E-state index in [2.05, 4.69) is 15.5 Å². The number of rotatable bonds is 9. The molecule has 45 heavy (non-hydrogen) atoms. The third kappa shape index (κ3) is 6.50. The van der Waals surface area contributed by atoms with E-state index in [4.69, 9.17) is 30.8 Å². The highest BCUT2D eigenvalue weighted by molar-refractivity contribution is 6.30. The van der Waals surface area contributed by atoms with Gasteiger partial charge in [-0.15, -0.1) is 0 Å². The Morgan fingerprint density at radius 2 is 1.98 bits per heavy atom. The first-order valence-corrected chi connectivity index (χ1v) is 15.6. The van der Waals surface area contributed by atoms with Gasteiger partial charge in [0.1, 0.15) is 11.6 Å². The molecule has 1 atom stereocenters. The molecule has 2 aromatic carbocycles. The van der Waals surface area contributed by atoms with Gasteiger partial charge < -0.3 is 28.8 Å². The first kappa shape index (κ1) is 30.9. The fourth-order valence-corrected chi connectivity index (χ4v) is 6.54. The number of likely N-dealkylation sites (tertiary alicyclic amines) is 2. The van der Waals surface area contributed by atoms with Crippen LogP contribution in [0.2, 0.25) is 5.02 Å². The molecule has 1 aromatic heterocycles. The SMILES string of the molecule is CCOC(=O)C=Cc1cnc(CN2CCC(c3cccc4c3OC(C)(c3ccc(Cl)cc3F)O4)CC2)n1CC1CN(C(=O)O)C1. The van der Waals surface area contributed by atoms with Crippen LogP contribution < -0.4 is 9.47 Å². The van der Waals surface area contributed by atoms with Crippen LogP contribution in [-0.4, -0.2) is 69.3 Å². The number of para-hydroxylation sites is 1. The number of fused-ring (bicyclic) bond motifs is 1. The van der Waals surface area contributed by atoms with Gasteiger partial charge in [0.15, 0.2) is 11.5 Å². The Morgan fingerprint density at radius 1 is 1.20 bits per heavy atom. The zero-order chi connectivity index (χ0) is 31.7. The molecule has 12 heteroatoms. The van der Waals surface area contributed by atoms with E-state index in [0.29, 0.717) is 49.3 Å². The smallest absolute Gasteiger partial charge is 0.407 e. The van der Waals surface area contributed by atoms with Crippen molar-refractivity contribution in [1.29, 1.82) is 0 Å². The lowest BCUT2D eigenvalue weighted by Gasteiger charge is -2.38. The molecule has 0 bridgehead atoms. The fourth-order valence-electron chi connectivity index (χ4n) is 6.38. The Balaban J connectivity index is 1.13. The van der Waals surface area contributed by atoms with Crippen molar-refractivity contribution in [2.75, 3.05) is 32.8 Å². The number of carbonyl (C=O) groups is 2. The molecule has 3 aliphatic heterocycles. The number of halogens is 2. The van der Waals surface area contributed by atoms with E-state index >= 15 is 0 Å². The second kappa shape index (κ2) is 12.7. The third-order valence-electron chi connectivity index (χ3n) is 8.74. The van der Waals surface area contributed by atoms with Gasteiger partial charge in [-0.1, -0.05) is 23.7 Å². The lowest BCUT2D eigenvalue weighted by molar-refractivity contribution is -0.137. The summed E-state index contributed by atoms with van der Waals surface area (Å²) in [6, 6.07) is 10.3. The predicted octanol–water partition coefficient (Wildman–Crippen LogP) is 5.89. The van der Waals surface area contributed by atoms with Crippen molar-refractivity contribution in [3.8, 4) is 11.5 Å². The summed E-state index contributed by atoms with van der Waals surface area (Å²) in [5.41, 5.74) is 2.11. The van der Waals surface area contributed by atoms with Gasteiger partial charge in [0.05, 0.1) is 30.6 Å². The van der Waals surface area contributed by atoms with E-state index in [-0.39, 0.29) is 17.4 Å². The summed E-state index contributed by atoms with van der Waals surface area (Å²) in [7, 11) is 0. The van der Waals surface area contributed by atoms with Gasteiger partial charge in [-0.05, 0) is 69.1 Å². The van der Waals surface area contributed by atoms with Gasteiger partial charge in [0.25, 0.3) is 5.79 Å². The second-order valence-corrected chi connectivity index (χ2v) is 12.3. The number of aromatic nitrogens is 2. The highest BCUT2D eigenvalue weighted by atomic mass is 35.5. The van der Waals surface area contributed by atoms with Crippen LogP contribution >= 0.6 is 11.6 Å². The molecule has 10 nitrogen and oxygen atoms in total. The lowest BCUT2D eigenvalue weighted by Crippen LogP contribution is -2.51. The number of carbonyl (C=O) groups excluding carboxylic acids is 1. The van der Waals surface area contributed by atoms with Crippen LogP contribution in [0.25, 0.3) is 6.08 Å². The summed E-state index contributed by atoms with van der Waals surface area (Å²) in [5, 5.41) is 9.56. The van der Waals surface area contributed by atoms with Gasteiger partial charge in [-0.2, -0.15) is 0 Å². The number of carboxylic acid groups (broad SMARTS) is 1. The number of esters is 1.